The van der Waals surface area contributed by atoms with Crippen LogP contribution >= 0.6 is 0 Å². The van der Waals surface area contributed by atoms with Crippen LogP contribution in [0.1, 0.15) is 47.8 Å². The van der Waals surface area contributed by atoms with Crippen LogP contribution in [0, 0.1) is 12.3 Å². The molecule has 0 amide bonds. The SMILES string of the molecule is Cc1ccc(-c2ccc(C3(C(C)(C)C)C(=O)c4cccc5cccc3c45)cc2)cc1. The molecule has 1 unspecified atom stereocenters. The Bertz CT molecular complexity index is 1270. The minimum atomic E-state index is -0.692. The molecule has 0 heterocycles. The van der Waals surface area contributed by atoms with Gasteiger partial charge in [-0.15, -0.1) is 0 Å². The van der Waals surface area contributed by atoms with E-state index in [2.05, 4.69) is 100 Å². The minimum Gasteiger partial charge on any atom is -0.293 e. The average Bonchev–Trinajstić information content (AvgIpc) is 3.00. The Kier molecular flexibility index (Phi) is 4.02. The molecule has 30 heavy (non-hydrogen) atoms. The Morgan fingerprint density at radius 1 is 0.700 bits per heavy atom. The molecule has 0 fully saturated rings. The second kappa shape index (κ2) is 6.40. The zero-order chi connectivity index (χ0) is 21.1. The summed E-state index contributed by atoms with van der Waals surface area (Å²) < 4.78 is 0. The Labute approximate surface area is 178 Å². The molecular weight excluding hydrogens is 364 g/mol. The summed E-state index contributed by atoms with van der Waals surface area (Å²) in [6.45, 7) is 8.65. The average molecular weight is 391 g/mol. The second-order valence-corrected chi connectivity index (χ2v) is 9.48. The summed E-state index contributed by atoms with van der Waals surface area (Å²) in [7, 11) is 0. The largest absolute Gasteiger partial charge is 0.293 e. The predicted molar refractivity (Wildman–Crippen MR) is 125 cm³/mol. The maximum Gasteiger partial charge on any atom is 0.178 e. The smallest absolute Gasteiger partial charge is 0.178 e. The van der Waals surface area contributed by atoms with Gasteiger partial charge < -0.3 is 0 Å². The summed E-state index contributed by atoms with van der Waals surface area (Å²) >= 11 is 0. The molecule has 1 heteroatoms. The van der Waals surface area contributed by atoms with E-state index in [0.717, 1.165) is 27.5 Å². The molecule has 1 aliphatic carbocycles. The number of carbonyl (C=O) groups excluding carboxylic acids is 1. The highest BCUT2D eigenvalue weighted by Gasteiger charge is 2.55. The van der Waals surface area contributed by atoms with E-state index in [9.17, 15) is 4.79 Å². The molecule has 0 aromatic heterocycles. The van der Waals surface area contributed by atoms with Crippen LogP contribution in [0.15, 0.2) is 84.9 Å². The van der Waals surface area contributed by atoms with Gasteiger partial charge in [0, 0.05) is 5.56 Å². The normalized spacial score (nSPS) is 18.2. The molecular formula is C29H26O. The first-order chi connectivity index (χ1) is 14.3. The fourth-order valence-corrected chi connectivity index (χ4v) is 5.29. The van der Waals surface area contributed by atoms with Crippen LogP contribution in [0.4, 0.5) is 0 Å². The van der Waals surface area contributed by atoms with Crippen molar-refractivity contribution in [3.8, 4) is 11.1 Å². The van der Waals surface area contributed by atoms with E-state index in [1.165, 1.54) is 16.7 Å². The maximum atomic E-state index is 14.0. The first-order valence-electron chi connectivity index (χ1n) is 10.6. The van der Waals surface area contributed by atoms with Crippen molar-refractivity contribution in [1.82, 2.24) is 0 Å². The van der Waals surface area contributed by atoms with Crippen molar-refractivity contribution in [3.05, 3.63) is 107 Å². The van der Waals surface area contributed by atoms with Crippen molar-refractivity contribution < 1.29 is 4.79 Å². The van der Waals surface area contributed by atoms with Crippen molar-refractivity contribution in [2.24, 2.45) is 5.41 Å². The molecule has 1 atom stereocenters. The third-order valence-electron chi connectivity index (χ3n) is 6.72. The van der Waals surface area contributed by atoms with Crippen LogP contribution in [0.25, 0.3) is 21.9 Å². The highest BCUT2D eigenvalue weighted by atomic mass is 16.1. The molecule has 5 rings (SSSR count). The van der Waals surface area contributed by atoms with E-state index in [4.69, 9.17) is 0 Å². The van der Waals surface area contributed by atoms with Gasteiger partial charge in [-0.2, -0.15) is 0 Å². The lowest BCUT2D eigenvalue weighted by Gasteiger charge is -2.42. The van der Waals surface area contributed by atoms with Gasteiger partial charge in [-0.3, -0.25) is 4.79 Å². The lowest BCUT2D eigenvalue weighted by atomic mass is 9.58. The molecule has 0 N–H and O–H groups in total. The lowest BCUT2D eigenvalue weighted by molar-refractivity contribution is 0.0817. The number of Topliss-reactive ketones (excluding diaryl/α,β-unsaturated/α-hetero) is 1. The summed E-state index contributed by atoms with van der Waals surface area (Å²) in [6, 6.07) is 29.6. The number of aryl methyl sites for hydroxylation is 1. The zero-order valence-electron chi connectivity index (χ0n) is 18.0. The summed E-state index contributed by atoms with van der Waals surface area (Å²) in [5.74, 6) is 0.213. The van der Waals surface area contributed by atoms with E-state index < -0.39 is 5.41 Å². The molecule has 0 saturated heterocycles. The van der Waals surface area contributed by atoms with Gasteiger partial charge in [-0.05, 0) is 45.4 Å². The standard InChI is InChI=1S/C29H26O/c1-19-11-13-20(14-12-19)21-15-17-23(18-16-21)29(28(2,3)4)25-10-6-8-22-7-5-9-24(26(22)25)27(29)30/h5-18H,1-4H3. The van der Waals surface area contributed by atoms with Gasteiger partial charge in [-0.1, -0.05) is 111 Å². The number of rotatable bonds is 2. The molecule has 4 aromatic rings. The highest BCUT2D eigenvalue weighted by Crippen LogP contribution is 2.55. The number of hydrogen-bond acceptors (Lipinski definition) is 1. The van der Waals surface area contributed by atoms with E-state index in [1.54, 1.807) is 0 Å². The first-order valence-corrected chi connectivity index (χ1v) is 10.6. The van der Waals surface area contributed by atoms with Gasteiger partial charge in [0.05, 0.1) is 5.41 Å². The Hall–Kier alpha value is -3.19. The van der Waals surface area contributed by atoms with Crippen molar-refractivity contribution >= 4 is 16.6 Å². The quantitative estimate of drug-likeness (QED) is 0.350. The summed E-state index contributed by atoms with van der Waals surface area (Å²) in [5, 5.41) is 2.25. The second-order valence-electron chi connectivity index (χ2n) is 9.48. The predicted octanol–water partition coefficient (Wildman–Crippen LogP) is 7.34. The third-order valence-corrected chi connectivity index (χ3v) is 6.72. The van der Waals surface area contributed by atoms with Gasteiger partial charge in [0.2, 0.25) is 0 Å². The van der Waals surface area contributed by atoms with Crippen LogP contribution in [0.5, 0.6) is 0 Å². The van der Waals surface area contributed by atoms with Crippen LogP contribution < -0.4 is 0 Å². The van der Waals surface area contributed by atoms with Gasteiger partial charge >= 0.3 is 0 Å². The topological polar surface area (TPSA) is 17.1 Å². The number of carbonyl (C=O) groups is 1. The van der Waals surface area contributed by atoms with Crippen molar-refractivity contribution in [3.63, 3.8) is 0 Å². The van der Waals surface area contributed by atoms with Gasteiger partial charge in [0.25, 0.3) is 0 Å². The molecule has 4 aromatic carbocycles. The van der Waals surface area contributed by atoms with E-state index in [0.29, 0.717) is 0 Å². The summed E-state index contributed by atoms with van der Waals surface area (Å²) in [4.78, 5) is 14.0. The van der Waals surface area contributed by atoms with Crippen molar-refractivity contribution in [1.29, 1.82) is 0 Å². The maximum absolute atomic E-state index is 14.0. The minimum absolute atomic E-state index is 0.213. The van der Waals surface area contributed by atoms with Crippen LogP contribution in [0.2, 0.25) is 0 Å². The van der Waals surface area contributed by atoms with Gasteiger partial charge in [0.1, 0.15) is 0 Å². The number of ketones is 1. The number of hydrogen-bond donors (Lipinski definition) is 0. The molecule has 0 radical (unpaired) electrons. The first kappa shape index (κ1) is 18.8. The van der Waals surface area contributed by atoms with Gasteiger partial charge in [-0.25, -0.2) is 0 Å². The highest BCUT2D eigenvalue weighted by molar-refractivity contribution is 6.22. The van der Waals surface area contributed by atoms with Crippen LogP contribution in [0.3, 0.4) is 0 Å². The van der Waals surface area contributed by atoms with Crippen molar-refractivity contribution in [2.75, 3.05) is 0 Å². The molecule has 0 saturated carbocycles. The van der Waals surface area contributed by atoms with Crippen LogP contribution in [-0.4, -0.2) is 5.78 Å². The molecule has 0 spiro atoms. The van der Waals surface area contributed by atoms with E-state index in [-0.39, 0.29) is 11.2 Å². The summed E-state index contributed by atoms with van der Waals surface area (Å²) in [5.41, 5.74) is 5.70. The Balaban J connectivity index is 1.73. The molecule has 0 bridgehead atoms. The zero-order valence-corrected chi connectivity index (χ0v) is 18.0. The molecule has 1 nitrogen and oxygen atoms in total. The van der Waals surface area contributed by atoms with Crippen LogP contribution in [-0.2, 0) is 5.41 Å². The van der Waals surface area contributed by atoms with E-state index >= 15 is 0 Å². The van der Waals surface area contributed by atoms with E-state index in [1.807, 2.05) is 12.1 Å². The van der Waals surface area contributed by atoms with Gasteiger partial charge in [0.15, 0.2) is 5.78 Å². The lowest BCUT2D eigenvalue weighted by Crippen LogP contribution is -2.45. The molecule has 0 aliphatic heterocycles. The third kappa shape index (κ3) is 2.45. The summed E-state index contributed by atoms with van der Waals surface area (Å²) in [6.07, 6.45) is 0. The van der Waals surface area contributed by atoms with Crippen molar-refractivity contribution in [2.45, 2.75) is 33.1 Å². The Morgan fingerprint density at radius 3 is 1.87 bits per heavy atom. The number of benzene rings is 4. The molecule has 1 aliphatic rings. The fraction of sp³-hybridized carbons (Fsp3) is 0.207. The monoisotopic (exact) mass is 390 g/mol. The molecule has 148 valence electrons. The Morgan fingerprint density at radius 2 is 1.27 bits per heavy atom. The fourth-order valence-electron chi connectivity index (χ4n) is 5.29.